The molecule has 0 atom stereocenters. The average molecular weight is 338 g/mol. The normalized spacial score (nSPS) is 15.0. The molecule has 2 N–H and O–H groups in total. The van der Waals surface area contributed by atoms with E-state index in [0.717, 1.165) is 11.0 Å². The number of hydrogen-bond acceptors (Lipinski definition) is 6. The maximum atomic E-state index is 12.0. The fourth-order valence-corrected chi connectivity index (χ4v) is 3.52. The number of rotatable bonds is 7. The fraction of sp³-hybridized carbons (Fsp3) is 0.333. The minimum Gasteiger partial charge on any atom is -0.395 e. The van der Waals surface area contributed by atoms with Gasteiger partial charge in [-0.2, -0.15) is 0 Å². The number of nitrogens with one attached hydrogen (secondary N) is 1. The summed E-state index contributed by atoms with van der Waals surface area (Å²) in [5.41, 5.74) is 0.589. The molecule has 0 unspecified atom stereocenters. The second kappa shape index (κ2) is 6.93. The SMILES string of the molecule is CCCS(=O)(=O)c1ccc(NC2=CC(=O)N(CCO)C2=O)cc1. The zero-order chi connectivity index (χ0) is 17.0. The van der Waals surface area contributed by atoms with Crippen molar-refractivity contribution < 1.29 is 23.1 Å². The van der Waals surface area contributed by atoms with Crippen LogP contribution in [0.1, 0.15) is 13.3 Å². The summed E-state index contributed by atoms with van der Waals surface area (Å²) < 4.78 is 23.9. The first kappa shape index (κ1) is 17.2. The summed E-state index contributed by atoms with van der Waals surface area (Å²) in [6, 6.07) is 5.99. The molecule has 0 aliphatic carbocycles. The van der Waals surface area contributed by atoms with Gasteiger partial charge < -0.3 is 10.4 Å². The lowest BCUT2D eigenvalue weighted by molar-refractivity contribution is -0.137. The molecule has 124 valence electrons. The van der Waals surface area contributed by atoms with E-state index in [-0.39, 0.29) is 29.5 Å². The van der Waals surface area contributed by atoms with Crippen LogP contribution in [0.4, 0.5) is 5.69 Å². The van der Waals surface area contributed by atoms with Crippen LogP contribution in [0.3, 0.4) is 0 Å². The smallest absolute Gasteiger partial charge is 0.277 e. The van der Waals surface area contributed by atoms with Gasteiger partial charge in [0.05, 0.1) is 23.8 Å². The van der Waals surface area contributed by atoms with Crippen molar-refractivity contribution in [3.05, 3.63) is 36.0 Å². The Kier molecular flexibility index (Phi) is 5.17. The van der Waals surface area contributed by atoms with Crippen LogP contribution in [0.25, 0.3) is 0 Å². The Labute approximate surface area is 134 Å². The van der Waals surface area contributed by atoms with Crippen molar-refractivity contribution in [3.8, 4) is 0 Å². The minimum atomic E-state index is -3.29. The summed E-state index contributed by atoms with van der Waals surface area (Å²) >= 11 is 0. The highest BCUT2D eigenvalue weighted by molar-refractivity contribution is 7.91. The molecule has 0 aromatic heterocycles. The maximum absolute atomic E-state index is 12.0. The Balaban J connectivity index is 2.12. The average Bonchev–Trinajstić information content (AvgIpc) is 2.76. The third-order valence-corrected chi connectivity index (χ3v) is 5.23. The Morgan fingerprint density at radius 2 is 1.83 bits per heavy atom. The van der Waals surface area contributed by atoms with E-state index in [2.05, 4.69) is 5.32 Å². The number of amides is 2. The summed E-state index contributed by atoms with van der Waals surface area (Å²) in [5, 5.41) is 11.6. The number of aliphatic hydroxyl groups is 1. The van der Waals surface area contributed by atoms with E-state index in [1.807, 2.05) is 0 Å². The Morgan fingerprint density at radius 3 is 2.39 bits per heavy atom. The number of nitrogens with zero attached hydrogens (tertiary/aromatic N) is 1. The Morgan fingerprint density at radius 1 is 1.17 bits per heavy atom. The summed E-state index contributed by atoms with van der Waals surface area (Å²) in [5.74, 6) is -0.936. The highest BCUT2D eigenvalue weighted by Crippen LogP contribution is 2.20. The first-order chi connectivity index (χ1) is 10.9. The summed E-state index contributed by atoms with van der Waals surface area (Å²) in [4.78, 5) is 24.8. The van der Waals surface area contributed by atoms with Crippen molar-refractivity contribution in [2.45, 2.75) is 18.2 Å². The number of sulfone groups is 1. The lowest BCUT2D eigenvalue weighted by Crippen LogP contribution is -2.34. The lowest BCUT2D eigenvalue weighted by atomic mass is 10.3. The maximum Gasteiger partial charge on any atom is 0.277 e. The van der Waals surface area contributed by atoms with Gasteiger partial charge in [0, 0.05) is 11.8 Å². The highest BCUT2D eigenvalue weighted by atomic mass is 32.2. The molecule has 23 heavy (non-hydrogen) atoms. The van der Waals surface area contributed by atoms with Gasteiger partial charge in [0.2, 0.25) is 0 Å². The molecule has 0 bridgehead atoms. The van der Waals surface area contributed by atoms with Crippen LogP contribution in [-0.4, -0.2) is 49.1 Å². The molecule has 0 radical (unpaired) electrons. The fourth-order valence-electron chi connectivity index (χ4n) is 2.20. The highest BCUT2D eigenvalue weighted by Gasteiger charge is 2.30. The number of anilines is 1. The van der Waals surface area contributed by atoms with Crippen molar-refractivity contribution in [1.82, 2.24) is 4.90 Å². The predicted octanol–water partition coefficient (Wildman–Crippen LogP) is 0.527. The monoisotopic (exact) mass is 338 g/mol. The zero-order valence-corrected chi connectivity index (χ0v) is 13.5. The summed E-state index contributed by atoms with van der Waals surface area (Å²) in [6.45, 7) is 1.43. The zero-order valence-electron chi connectivity index (χ0n) is 12.7. The van der Waals surface area contributed by atoms with Crippen molar-refractivity contribution in [2.75, 3.05) is 24.2 Å². The van der Waals surface area contributed by atoms with Crippen LogP contribution < -0.4 is 5.32 Å². The second-order valence-corrected chi connectivity index (χ2v) is 7.15. The molecule has 7 nitrogen and oxygen atoms in total. The Bertz CT molecular complexity index is 738. The first-order valence-corrected chi connectivity index (χ1v) is 8.82. The van der Waals surface area contributed by atoms with Gasteiger partial charge in [0.25, 0.3) is 11.8 Å². The van der Waals surface area contributed by atoms with Crippen LogP contribution in [0.2, 0.25) is 0 Å². The van der Waals surface area contributed by atoms with E-state index >= 15 is 0 Å². The number of imide groups is 1. The molecule has 0 fully saturated rings. The van der Waals surface area contributed by atoms with Gasteiger partial charge in [-0.3, -0.25) is 14.5 Å². The Hall–Kier alpha value is -2.19. The largest absolute Gasteiger partial charge is 0.395 e. The van der Waals surface area contributed by atoms with Gasteiger partial charge in [-0.15, -0.1) is 0 Å². The second-order valence-electron chi connectivity index (χ2n) is 5.04. The molecule has 8 heteroatoms. The van der Waals surface area contributed by atoms with Gasteiger partial charge in [-0.1, -0.05) is 6.92 Å². The van der Waals surface area contributed by atoms with Crippen LogP contribution in [0, 0.1) is 0 Å². The van der Waals surface area contributed by atoms with Crippen LogP contribution in [0.5, 0.6) is 0 Å². The summed E-state index contributed by atoms with van der Waals surface area (Å²) in [6.07, 6.45) is 1.69. The first-order valence-electron chi connectivity index (χ1n) is 7.17. The number of β-amino-alcohol motifs (C(OH)–C–C–N with tert-alkyl or cyclic N) is 1. The molecule has 1 aromatic carbocycles. The summed E-state index contributed by atoms with van der Waals surface area (Å²) in [7, 11) is -3.29. The van der Waals surface area contributed by atoms with Crippen LogP contribution in [0.15, 0.2) is 40.9 Å². The number of carbonyl (C=O) groups is 2. The third kappa shape index (κ3) is 3.77. The van der Waals surface area contributed by atoms with Gasteiger partial charge in [0.1, 0.15) is 5.70 Å². The molecule has 0 saturated heterocycles. The number of aliphatic hydroxyl groups excluding tert-OH is 1. The molecule has 1 aromatic rings. The van der Waals surface area contributed by atoms with E-state index in [4.69, 9.17) is 5.11 Å². The van der Waals surface area contributed by atoms with Gasteiger partial charge in [-0.25, -0.2) is 8.42 Å². The number of benzene rings is 1. The topological polar surface area (TPSA) is 104 Å². The van der Waals surface area contributed by atoms with Gasteiger partial charge >= 0.3 is 0 Å². The lowest BCUT2D eigenvalue weighted by Gasteiger charge is -2.13. The molecule has 0 saturated carbocycles. The van der Waals surface area contributed by atoms with Crippen LogP contribution >= 0.6 is 0 Å². The standard InChI is InChI=1S/C15H18N2O5S/c1-2-9-23(21,22)12-5-3-11(4-6-12)16-13-10-14(19)17(7-8-18)15(13)20/h3-6,10,16,18H,2,7-9H2,1H3. The van der Waals surface area contributed by atoms with E-state index < -0.39 is 21.7 Å². The van der Waals surface area contributed by atoms with Crippen molar-refractivity contribution in [3.63, 3.8) is 0 Å². The molecular formula is C15H18N2O5S. The molecule has 2 rings (SSSR count). The van der Waals surface area contributed by atoms with Crippen LogP contribution in [-0.2, 0) is 19.4 Å². The van der Waals surface area contributed by atoms with E-state index in [9.17, 15) is 18.0 Å². The van der Waals surface area contributed by atoms with E-state index in [0.29, 0.717) is 12.1 Å². The molecule has 0 spiro atoms. The van der Waals surface area contributed by atoms with E-state index in [1.54, 1.807) is 6.92 Å². The molecule has 2 amide bonds. The predicted molar refractivity (Wildman–Crippen MR) is 84.3 cm³/mol. The van der Waals surface area contributed by atoms with Gasteiger partial charge in [0.15, 0.2) is 9.84 Å². The van der Waals surface area contributed by atoms with Gasteiger partial charge in [-0.05, 0) is 30.7 Å². The molecule has 1 aliphatic heterocycles. The number of hydrogen-bond donors (Lipinski definition) is 2. The number of carbonyl (C=O) groups excluding carboxylic acids is 2. The third-order valence-electron chi connectivity index (χ3n) is 3.30. The van der Waals surface area contributed by atoms with E-state index in [1.165, 1.54) is 24.3 Å². The quantitative estimate of drug-likeness (QED) is 0.703. The molecule has 1 heterocycles. The van der Waals surface area contributed by atoms with Crippen molar-refractivity contribution >= 4 is 27.3 Å². The molecule has 1 aliphatic rings. The van der Waals surface area contributed by atoms with Crippen molar-refractivity contribution in [2.24, 2.45) is 0 Å². The molecular weight excluding hydrogens is 320 g/mol. The minimum absolute atomic E-state index is 0.0620. The van der Waals surface area contributed by atoms with Crippen molar-refractivity contribution in [1.29, 1.82) is 0 Å².